The molecule has 0 saturated carbocycles. The third-order valence-electron chi connectivity index (χ3n) is 6.52. The van der Waals surface area contributed by atoms with Gasteiger partial charge in [-0.1, -0.05) is 6.58 Å². The predicted octanol–water partition coefficient (Wildman–Crippen LogP) is 4.55. The number of carbonyl (C=O) groups is 1. The zero-order chi connectivity index (χ0) is 28.1. The van der Waals surface area contributed by atoms with Crippen LogP contribution < -0.4 is 25.6 Å². The molecule has 10 heteroatoms. The largest absolute Gasteiger partial charge is 0.494 e. The summed E-state index contributed by atoms with van der Waals surface area (Å²) in [7, 11) is 11.6. The van der Waals surface area contributed by atoms with Gasteiger partial charge in [-0.3, -0.25) is 4.79 Å². The predicted molar refractivity (Wildman–Crippen MR) is 160 cm³/mol. The summed E-state index contributed by atoms with van der Waals surface area (Å²) in [6, 6.07) is 11.9. The number of likely N-dealkylation sites (N-methyl/N-ethyl adjacent to an activating group) is 2. The Morgan fingerprint density at radius 2 is 1.92 bits per heavy atom. The van der Waals surface area contributed by atoms with Crippen LogP contribution in [0.3, 0.4) is 0 Å². The first kappa shape index (κ1) is 27.5. The second kappa shape index (κ2) is 11.9. The van der Waals surface area contributed by atoms with E-state index in [1.807, 2.05) is 59.6 Å². The Hall–Kier alpha value is -4.57. The number of methoxy groups -OCH3 is 1. The Morgan fingerprint density at radius 3 is 2.62 bits per heavy atom. The molecule has 1 amide bonds. The smallest absolute Gasteiger partial charge is 0.247 e. The van der Waals surface area contributed by atoms with E-state index in [0.29, 0.717) is 23.1 Å². The number of anilines is 5. The third-order valence-corrected chi connectivity index (χ3v) is 6.52. The Balaban J connectivity index is 1.73. The maximum absolute atomic E-state index is 12.3. The number of hydrogen-bond acceptors (Lipinski definition) is 8. The van der Waals surface area contributed by atoms with Gasteiger partial charge in [-0.2, -0.15) is 0 Å². The van der Waals surface area contributed by atoms with Gasteiger partial charge in [0.25, 0.3) is 0 Å². The fourth-order valence-corrected chi connectivity index (χ4v) is 4.32. The lowest BCUT2D eigenvalue weighted by atomic mass is 10.1. The van der Waals surface area contributed by atoms with E-state index in [2.05, 4.69) is 60.1 Å². The van der Waals surface area contributed by atoms with Crippen LogP contribution in [-0.2, 0) is 11.8 Å². The maximum Gasteiger partial charge on any atom is 0.247 e. The number of hydrogen-bond donors (Lipinski definition) is 3. The fraction of sp³-hybridized carbons (Fsp3) is 0.276. The molecule has 0 aliphatic rings. The molecular weight excluding hydrogens is 492 g/mol. The van der Waals surface area contributed by atoms with Crippen molar-refractivity contribution < 1.29 is 9.53 Å². The molecule has 204 valence electrons. The Kier molecular flexibility index (Phi) is 8.36. The Morgan fingerprint density at radius 1 is 1.13 bits per heavy atom. The van der Waals surface area contributed by atoms with Gasteiger partial charge in [-0.15, -0.1) is 0 Å². The summed E-state index contributed by atoms with van der Waals surface area (Å²) in [5.74, 6) is 0.692. The van der Waals surface area contributed by atoms with Gasteiger partial charge in [0, 0.05) is 69.3 Å². The van der Waals surface area contributed by atoms with Crippen LogP contribution in [0.4, 0.5) is 28.7 Å². The number of nitrogens with one attached hydrogen (secondary N) is 3. The molecule has 0 spiro atoms. The van der Waals surface area contributed by atoms with Gasteiger partial charge >= 0.3 is 0 Å². The molecule has 4 aromatic rings. The standard InChI is InChI=1S/C29H36N8O2/c1-8-28(38)32-23-17-24(27(39-7)18-26(23)37(6)14-13-35(3)4)34-29-31-11-9-22(33-29)21-15-19(30-2)16-25-20(21)10-12-36(25)5/h8-12,15-18,30H,1,13-14H2,2-7H3,(H,32,38)(H,31,33,34). The van der Waals surface area contributed by atoms with Crippen molar-refractivity contribution in [3.63, 3.8) is 0 Å². The highest BCUT2D eigenvalue weighted by atomic mass is 16.5. The van der Waals surface area contributed by atoms with Gasteiger partial charge in [0.15, 0.2) is 0 Å². The molecule has 0 bridgehead atoms. The molecule has 0 unspecified atom stereocenters. The molecule has 2 heterocycles. The third kappa shape index (κ3) is 6.12. The van der Waals surface area contributed by atoms with E-state index in [-0.39, 0.29) is 5.91 Å². The molecular formula is C29H36N8O2. The van der Waals surface area contributed by atoms with Crippen molar-refractivity contribution in [2.45, 2.75) is 0 Å². The van der Waals surface area contributed by atoms with Crippen LogP contribution in [0.25, 0.3) is 22.2 Å². The monoisotopic (exact) mass is 528 g/mol. The second-order valence-corrected chi connectivity index (χ2v) is 9.51. The minimum Gasteiger partial charge on any atom is -0.494 e. The van der Waals surface area contributed by atoms with E-state index in [4.69, 9.17) is 9.72 Å². The molecule has 10 nitrogen and oxygen atoms in total. The molecule has 0 aliphatic carbocycles. The van der Waals surface area contributed by atoms with Crippen molar-refractivity contribution in [3.8, 4) is 17.0 Å². The lowest BCUT2D eigenvalue weighted by molar-refractivity contribution is -0.111. The summed E-state index contributed by atoms with van der Waals surface area (Å²) < 4.78 is 7.81. The summed E-state index contributed by atoms with van der Waals surface area (Å²) >= 11 is 0. The van der Waals surface area contributed by atoms with Crippen molar-refractivity contribution in [3.05, 3.63) is 61.4 Å². The highest BCUT2D eigenvalue weighted by Crippen LogP contribution is 2.38. The zero-order valence-corrected chi connectivity index (χ0v) is 23.4. The van der Waals surface area contributed by atoms with Crippen LogP contribution in [0.5, 0.6) is 5.75 Å². The molecule has 0 atom stereocenters. The molecule has 39 heavy (non-hydrogen) atoms. The number of rotatable bonds is 11. The van der Waals surface area contributed by atoms with Crippen molar-refractivity contribution in [1.82, 2.24) is 19.4 Å². The van der Waals surface area contributed by atoms with E-state index in [1.54, 1.807) is 13.3 Å². The number of aryl methyl sites for hydroxylation is 1. The molecule has 4 rings (SSSR count). The van der Waals surface area contributed by atoms with E-state index in [0.717, 1.165) is 46.6 Å². The fourth-order valence-electron chi connectivity index (χ4n) is 4.32. The van der Waals surface area contributed by atoms with Gasteiger partial charge in [0.2, 0.25) is 11.9 Å². The van der Waals surface area contributed by atoms with Crippen LogP contribution in [0.15, 0.2) is 61.4 Å². The first-order valence-corrected chi connectivity index (χ1v) is 12.6. The zero-order valence-electron chi connectivity index (χ0n) is 23.4. The highest BCUT2D eigenvalue weighted by Gasteiger charge is 2.17. The summed E-state index contributed by atoms with van der Waals surface area (Å²) in [6.45, 7) is 5.19. The molecule has 0 aliphatic heterocycles. The molecule has 0 saturated heterocycles. The molecule has 2 aromatic heterocycles. The minimum atomic E-state index is -0.303. The molecule has 0 fully saturated rings. The number of fused-ring (bicyclic) bond motifs is 1. The van der Waals surface area contributed by atoms with Gasteiger partial charge in [0.05, 0.1) is 35.4 Å². The van der Waals surface area contributed by atoms with Gasteiger partial charge < -0.3 is 35.1 Å². The van der Waals surface area contributed by atoms with Crippen molar-refractivity contribution >= 4 is 45.5 Å². The lowest BCUT2D eigenvalue weighted by Crippen LogP contribution is -2.29. The summed E-state index contributed by atoms with van der Waals surface area (Å²) in [6.07, 6.45) is 5.01. The lowest BCUT2D eigenvalue weighted by Gasteiger charge is -2.26. The van der Waals surface area contributed by atoms with Gasteiger partial charge in [-0.05, 0) is 50.5 Å². The number of benzene rings is 2. The van der Waals surface area contributed by atoms with E-state index in [9.17, 15) is 4.79 Å². The number of nitrogens with zero attached hydrogens (tertiary/aromatic N) is 5. The van der Waals surface area contributed by atoms with E-state index >= 15 is 0 Å². The van der Waals surface area contributed by atoms with Crippen LogP contribution >= 0.6 is 0 Å². The first-order valence-electron chi connectivity index (χ1n) is 12.6. The average molecular weight is 529 g/mol. The molecule has 0 radical (unpaired) electrons. The van der Waals surface area contributed by atoms with E-state index in [1.165, 1.54) is 6.08 Å². The Bertz CT molecular complexity index is 1490. The maximum atomic E-state index is 12.3. The average Bonchev–Trinajstić information content (AvgIpc) is 3.31. The second-order valence-electron chi connectivity index (χ2n) is 9.51. The number of ether oxygens (including phenoxy) is 1. The van der Waals surface area contributed by atoms with Crippen LogP contribution in [0.1, 0.15) is 0 Å². The summed E-state index contributed by atoms with van der Waals surface area (Å²) in [4.78, 5) is 25.7. The Labute approximate surface area is 229 Å². The SMILES string of the molecule is C=CC(=O)Nc1cc(Nc2nccc(-c3cc(NC)cc4c3ccn4C)n2)c(OC)cc1N(C)CCN(C)C. The van der Waals surface area contributed by atoms with E-state index < -0.39 is 0 Å². The number of aromatic nitrogens is 3. The first-order chi connectivity index (χ1) is 18.7. The number of carbonyl (C=O) groups excluding carboxylic acids is 1. The summed E-state index contributed by atoms with van der Waals surface area (Å²) in [5.41, 5.74) is 5.92. The van der Waals surface area contributed by atoms with Crippen LogP contribution in [0, 0.1) is 0 Å². The van der Waals surface area contributed by atoms with Crippen molar-refractivity contribution in [1.29, 1.82) is 0 Å². The quantitative estimate of drug-likeness (QED) is 0.244. The van der Waals surface area contributed by atoms with Gasteiger partial charge in [-0.25, -0.2) is 9.97 Å². The van der Waals surface area contributed by atoms with Crippen molar-refractivity contribution in [2.75, 3.05) is 69.2 Å². The number of amides is 1. The van der Waals surface area contributed by atoms with Gasteiger partial charge in [0.1, 0.15) is 5.75 Å². The van der Waals surface area contributed by atoms with Crippen molar-refractivity contribution in [2.24, 2.45) is 7.05 Å². The highest BCUT2D eigenvalue weighted by molar-refractivity contribution is 6.02. The normalized spacial score (nSPS) is 10.9. The topological polar surface area (TPSA) is 99.6 Å². The molecule has 2 aromatic carbocycles. The van der Waals surface area contributed by atoms with Crippen LogP contribution in [0.2, 0.25) is 0 Å². The summed E-state index contributed by atoms with van der Waals surface area (Å²) in [5, 5.41) is 10.5. The van der Waals surface area contributed by atoms with Crippen LogP contribution in [-0.4, -0.2) is 73.7 Å². The minimum absolute atomic E-state index is 0.303. The molecule has 3 N–H and O–H groups in total.